The summed E-state index contributed by atoms with van der Waals surface area (Å²) in [5.74, 6) is 11.8. The highest BCUT2D eigenvalue weighted by molar-refractivity contribution is 5.82. The summed E-state index contributed by atoms with van der Waals surface area (Å²) in [6, 6.07) is 0. The van der Waals surface area contributed by atoms with E-state index < -0.39 is 12.7 Å². The quantitative estimate of drug-likeness (QED) is 0.482. The molecule has 0 radical (unpaired) electrons. The number of carbonyl (C=O) groups is 1. The van der Waals surface area contributed by atoms with E-state index in [9.17, 15) is 4.79 Å². The predicted molar refractivity (Wildman–Crippen MR) is 90.0 cm³/mol. The van der Waals surface area contributed by atoms with Gasteiger partial charge in [0, 0.05) is 19.3 Å². The molecule has 0 bridgehead atoms. The molecular weight excluding hydrogens is 276 g/mol. The van der Waals surface area contributed by atoms with E-state index in [0.717, 1.165) is 44.9 Å². The number of unbranched alkanes of at least 4 members (excludes halogenated alkanes) is 6. The first kappa shape index (κ1) is 20.5. The Kier molecular flexibility index (Phi) is 14.7. The highest BCUT2D eigenvalue weighted by Gasteiger charge is 2.12. The van der Waals surface area contributed by atoms with Gasteiger partial charge in [0.15, 0.2) is 5.78 Å². The molecule has 0 aliphatic carbocycles. The van der Waals surface area contributed by atoms with Crippen LogP contribution in [0.4, 0.5) is 0 Å². The van der Waals surface area contributed by atoms with Crippen molar-refractivity contribution < 1.29 is 15.0 Å². The van der Waals surface area contributed by atoms with Crippen LogP contribution in [0.1, 0.15) is 64.7 Å². The van der Waals surface area contributed by atoms with E-state index in [0.29, 0.717) is 6.42 Å². The summed E-state index contributed by atoms with van der Waals surface area (Å²) in [7, 11) is 0. The molecule has 0 aromatic heterocycles. The molecule has 0 spiro atoms. The highest BCUT2D eigenvalue weighted by Crippen LogP contribution is 2.06. The predicted octanol–water partition coefficient (Wildman–Crippen LogP) is 3.00. The molecule has 1 atom stereocenters. The van der Waals surface area contributed by atoms with Crippen LogP contribution in [0.5, 0.6) is 0 Å². The zero-order valence-corrected chi connectivity index (χ0v) is 13.6. The second-order valence-electron chi connectivity index (χ2n) is 5.16. The van der Waals surface area contributed by atoms with E-state index in [4.69, 9.17) is 10.2 Å². The van der Waals surface area contributed by atoms with Gasteiger partial charge in [0.25, 0.3) is 0 Å². The van der Waals surface area contributed by atoms with Crippen molar-refractivity contribution in [1.29, 1.82) is 0 Å². The number of aliphatic hydroxyl groups is 2. The van der Waals surface area contributed by atoms with Crippen LogP contribution >= 0.6 is 0 Å². The lowest BCUT2D eigenvalue weighted by Gasteiger charge is -2.05. The molecule has 0 heterocycles. The fourth-order valence-electron chi connectivity index (χ4n) is 1.75. The van der Waals surface area contributed by atoms with Crippen molar-refractivity contribution in [1.82, 2.24) is 0 Å². The monoisotopic (exact) mass is 304 g/mol. The maximum Gasteiger partial charge on any atom is 0.163 e. The summed E-state index contributed by atoms with van der Waals surface area (Å²) in [5.41, 5.74) is 0. The molecule has 0 rings (SSSR count). The summed E-state index contributed by atoms with van der Waals surface area (Å²) in [6.07, 6.45) is 10.6. The third-order valence-electron chi connectivity index (χ3n) is 3.13. The van der Waals surface area contributed by atoms with Crippen LogP contribution in [0.3, 0.4) is 0 Å². The van der Waals surface area contributed by atoms with Crippen molar-refractivity contribution in [2.45, 2.75) is 70.8 Å². The van der Waals surface area contributed by atoms with Gasteiger partial charge in [0.1, 0.15) is 6.10 Å². The number of aliphatic hydroxyl groups excluding tert-OH is 2. The van der Waals surface area contributed by atoms with Crippen molar-refractivity contribution in [2.24, 2.45) is 0 Å². The van der Waals surface area contributed by atoms with Crippen LogP contribution in [0.2, 0.25) is 0 Å². The van der Waals surface area contributed by atoms with Crippen LogP contribution in [0.15, 0.2) is 12.2 Å². The number of carbonyl (C=O) groups excluding carboxylic acids is 1. The van der Waals surface area contributed by atoms with Gasteiger partial charge in [-0.2, -0.15) is 0 Å². The maximum atomic E-state index is 11.2. The molecule has 3 heteroatoms. The topological polar surface area (TPSA) is 57.5 Å². The second-order valence-corrected chi connectivity index (χ2v) is 5.16. The highest BCUT2D eigenvalue weighted by atomic mass is 16.3. The van der Waals surface area contributed by atoms with Gasteiger partial charge in [-0.25, -0.2) is 0 Å². The van der Waals surface area contributed by atoms with Gasteiger partial charge >= 0.3 is 0 Å². The van der Waals surface area contributed by atoms with Crippen molar-refractivity contribution in [3.05, 3.63) is 12.2 Å². The van der Waals surface area contributed by atoms with E-state index in [1.54, 1.807) is 12.2 Å². The summed E-state index contributed by atoms with van der Waals surface area (Å²) < 4.78 is 0. The summed E-state index contributed by atoms with van der Waals surface area (Å²) in [6.45, 7) is 1.67. The van der Waals surface area contributed by atoms with Crippen LogP contribution in [0, 0.1) is 23.7 Å². The maximum absolute atomic E-state index is 11.2. The zero-order valence-electron chi connectivity index (χ0n) is 13.6. The number of hydrogen-bond donors (Lipinski definition) is 2. The van der Waals surface area contributed by atoms with Gasteiger partial charge in [0.2, 0.25) is 0 Å². The third-order valence-corrected chi connectivity index (χ3v) is 3.13. The van der Waals surface area contributed by atoms with Gasteiger partial charge in [-0.1, -0.05) is 49.9 Å². The molecule has 0 saturated heterocycles. The lowest BCUT2D eigenvalue weighted by Crippen LogP contribution is -2.23. The minimum atomic E-state index is -1.21. The Balaban J connectivity index is 3.50. The van der Waals surface area contributed by atoms with Crippen LogP contribution in [0.25, 0.3) is 0 Å². The average Bonchev–Trinajstić information content (AvgIpc) is 2.54. The van der Waals surface area contributed by atoms with E-state index >= 15 is 0 Å². The number of Topliss-reactive ketones (excluding diaryl/α,β-unsaturated/α-hetero) is 1. The van der Waals surface area contributed by atoms with Crippen molar-refractivity contribution >= 4 is 5.78 Å². The first-order valence-corrected chi connectivity index (χ1v) is 8.15. The van der Waals surface area contributed by atoms with E-state index in [-0.39, 0.29) is 5.78 Å². The first-order chi connectivity index (χ1) is 10.7. The van der Waals surface area contributed by atoms with E-state index in [1.807, 2.05) is 0 Å². The second kappa shape index (κ2) is 15.8. The average molecular weight is 304 g/mol. The molecule has 0 aliphatic heterocycles. The smallest absolute Gasteiger partial charge is 0.163 e. The SMILES string of the molecule is CCCCC#CC=CC#CCCCCCCC(=O)C(O)CO. The summed E-state index contributed by atoms with van der Waals surface area (Å²) in [5, 5.41) is 17.7. The molecule has 0 fully saturated rings. The Morgan fingerprint density at radius 2 is 1.59 bits per heavy atom. The molecule has 0 aliphatic rings. The normalized spacial score (nSPS) is 11.4. The molecule has 0 aromatic carbocycles. The molecular formula is C19H28O3. The lowest BCUT2D eigenvalue weighted by molar-refractivity contribution is -0.129. The molecule has 0 saturated carbocycles. The van der Waals surface area contributed by atoms with E-state index in [1.165, 1.54) is 6.42 Å². The number of allylic oxidation sites excluding steroid dienone is 2. The molecule has 122 valence electrons. The Hall–Kier alpha value is -1.55. The van der Waals surface area contributed by atoms with E-state index in [2.05, 4.69) is 30.6 Å². The number of rotatable bonds is 10. The molecule has 22 heavy (non-hydrogen) atoms. The summed E-state index contributed by atoms with van der Waals surface area (Å²) in [4.78, 5) is 11.2. The fraction of sp³-hybridized carbons (Fsp3) is 0.632. The molecule has 3 nitrogen and oxygen atoms in total. The Labute approximate surface area is 134 Å². The fourth-order valence-corrected chi connectivity index (χ4v) is 1.75. The van der Waals surface area contributed by atoms with Crippen molar-refractivity contribution in [3.63, 3.8) is 0 Å². The Bertz CT molecular complexity index is 429. The van der Waals surface area contributed by atoms with Crippen LogP contribution in [-0.4, -0.2) is 28.7 Å². The van der Waals surface area contributed by atoms with Gasteiger partial charge in [0.05, 0.1) is 6.61 Å². The minimum Gasteiger partial charge on any atom is -0.393 e. The molecule has 0 amide bonds. The largest absolute Gasteiger partial charge is 0.393 e. The van der Waals surface area contributed by atoms with Crippen molar-refractivity contribution in [3.8, 4) is 23.7 Å². The lowest BCUT2D eigenvalue weighted by atomic mass is 10.1. The Morgan fingerprint density at radius 1 is 1.00 bits per heavy atom. The van der Waals surface area contributed by atoms with Gasteiger partial charge in [-0.15, -0.1) is 0 Å². The first-order valence-electron chi connectivity index (χ1n) is 8.15. The minimum absolute atomic E-state index is 0.271. The van der Waals surface area contributed by atoms with Gasteiger partial charge in [-0.3, -0.25) is 4.79 Å². The van der Waals surface area contributed by atoms with Gasteiger partial charge < -0.3 is 10.2 Å². The summed E-state index contributed by atoms with van der Waals surface area (Å²) >= 11 is 0. The molecule has 0 aromatic rings. The molecule has 2 N–H and O–H groups in total. The van der Waals surface area contributed by atoms with Crippen LogP contribution in [-0.2, 0) is 4.79 Å². The molecule has 1 unspecified atom stereocenters. The number of ketones is 1. The zero-order chi connectivity index (χ0) is 16.5. The number of hydrogen-bond acceptors (Lipinski definition) is 3. The van der Waals surface area contributed by atoms with Crippen molar-refractivity contribution in [2.75, 3.05) is 6.61 Å². The van der Waals surface area contributed by atoms with Crippen LogP contribution < -0.4 is 0 Å². The third kappa shape index (κ3) is 13.4. The van der Waals surface area contributed by atoms with Gasteiger partial charge in [-0.05, 0) is 31.4 Å². The Morgan fingerprint density at radius 3 is 2.18 bits per heavy atom. The standard InChI is InChI=1S/C19H28O3/c1-2-3-4-5-6-7-8-9-10-11-12-13-14-15-16-18(21)19(22)17-20/h7-8,19-20,22H,2-4,11-17H2,1H3.